The molecule has 2 rings (SSSR count). The Hall–Kier alpha value is -2.25. The molecule has 0 unspecified atom stereocenters. The topological polar surface area (TPSA) is 81.7 Å². The molecular weight excluding hydrogens is 378 g/mol. The summed E-state index contributed by atoms with van der Waals surface area (Å²) in [7, 11) is -0.752. The highest BCUT2D eigenvalue weighted by Crippen LogP contribution is 2.30. The second-order valence-corrected chi connectivity index (χ2v) is 8.11. The molecule has 0 heterocycles. The number of amides is 1. The molecule has 1 N–H and O–H groups in total. The summed E-state index contributed by atoms with van der Waals surface area (Å²) in [6, 6.07) is 9.43. The predicted molar refractivity (Wildman–Crippen MR) is 101 cm³/mol. The van der Waals surface area contributed by atoms with Gasteiger partial charge in [0.1, 0.15) is 0 Å². The maximum atomic E-state index is 12.5. The number of hydrogen-bond acceptors (Lipinski definition) is 5. The third-order valence-electron chi connectivity index (χ3n) is 3.77. The molecule has 0 saturated heterocycles. The molecule has 0 spiro atoms. The van der Waals surface area contributed by atoms with Crippen molar-refractivity contribution in [3.05, 3.63) is 47.0 Å². The van der Waals surface area contributed by atoms with Crippen LogP contribution in [0, 0.1) is 6.92 Å². The molecule has 0 fully saturated rings. The average molecular weight is 398 g/mol. The fourth-order valence-electron chi connectivity index (χ4n) is 2.25. The molecule has 1 amide bonds. The third-order valence-corrected chi connectivity index (χ3v) is 5.89. The molecule has 2 aromatic carbocycles. The van der Waals surface area contributed by atoms with Crippen LogP contribution in [0.15, 0.2) is 41.3 Å². The van der Waals surface area contributed by atoms with Crippen LogP contribution in [0.3, 0.4) is 0 Å². The molecule has 0 atom stereocenters. The third kappa shape index (κ3) is 4.89. The van der Waals surface area contributed by atoms with Gasteiger partial charge in [-0.05, 0) is 36.8 Å². The van der Waals surface area contributed by atoms with Crippen molar-refractivity contribution in [2.75, 3.05) is 25.3 Å². The lowest BCUT2D eigenvalue weighted by Gasteiger charge is -2.10. The molecule has 0 radical (unpaired) electrons. The fourth-order valence-corrected chi connectivity index (χ4v) is 3.68. The van der Waals surface area contributed by atoms with E-state index < -0.39 is 15.7 Å². The average Bonchev–Trinajstić information content (AvgIpc) is 2.62. The van der Waals surface area contributed by atoms with Crippen molar-refractivity contribution in [2.24, 2.45) is 0 Å². The minimum Gasteiger partial charge on any atom is -0.493 e. The number of carbonyl (C=O) groups is 1. The zero-order valence-electron chi connectivity index (χ0n) is 14.7. The summed E-state index contributed by atoms with van der Waals surface area (Å²) in [4.78, 5) is 12.1. The normalized spacial score (nSPS) is 11.1. The molecule has 0 saturated carbocycles. The molecule has 6 nitrogen and oxygen atoms in total. The number of carbonyl (C=O) groups excluding carboxylic acids is 1. The Balaban J connectivity index is 2.05. The van der Waals surface area contributed by atoms with E-state index in [9.17, 15) is 13.2 Å². The van der Waals surface area contributed by atoms with E-state index in [1.54, 1.807) is 18.2 Å². The smallest absolute Gasteiger partial charge is 0.225 e. The van der Waals surface area contributed by atoms with E-state index in [1.807, 2.05) is 6.92 Å². The van der Waals surface area contributed by atoms with Gasteiger partial charge in [-0.3, -0.25) is 4.79 Å². The summed E-state index contributed by atoms with van der Waals surface area (Å²) in [6.45, 7) is 1.85. The first kappa shape index (κ1) is 20.1. The molecule has 0 bridgehead atoms. The van der Waals surface area contributed by atoms with Crippen molar-refractivity contribution in [2.45, 2.75) is 18.2 Å². The van der Waals surface area contributed by atoms with Gasteiger partial charge in [-0.1, -0.05) is 17.7 Å². The van der Waals surface area contributed by atoms with Gasteiger partial charge in [-0.15, -0.1) is 0 Å². The van der Waals surface area contributed by atoms with Crippen molar-refractivity contribution >= 4 is 33.0 Å². The van der Waals surface area contributed by atoms with Crippen LogP contribution in [-0.2, 0) is 14.6 Å². The van der Waals surface area contributed by atoms with Crippen LogP contribution in [0.1, 0.15) is 12.0 Å². The van der Waals surface area contributed by atoms with Crippen molar-refractivity contribution in [3.63, 3.8) is 0 Å². The SMILES string of the molecule is COc1ccc(S(=O)(=O)CCC(=O)Nc2ccc(C)c(Cl)c2)cc1OC. The second-order valence-electron chi connectivity index (χ2n) is 5.60. The summed E-state index contributed by atoms with van der Waals surface area (Å²) in [5.74, 6) is 0.00946. The number of methoxy groups -OCH3 is 2. The molecule has 0 aromatic heterocycles. The van der Waals surface area contributed by atoms with Crippen LogP contribution >= 0.6 is 11.6 Å². The van der Waals surface area contributed by atoms with Gasteiger partial charge in [0, 0.05) is 23.2 Å². The second kappa shape index (κ2) is 8.42. The number of rotatable bonds is 7. The van der Waals surface area contributed by atoms with E-state index in [1.165, 1.54) is 32.4 Å². The summed E-state index contributed by atoms with van der Waals surface area (Å²) in [5.41, 5.74) is 1.41. The number of aryl methyl sites for hydroxylation is 1. The Morgan fingerprint density at radius 2 is 1.77 bits per heavy atom. The fraction of sp³-hybridized carbons (Fsp3) is 0.278. The Labute approximate surface area is 158 Å². The van der Waals surface area contributed by atoms with Crippen molar-refractivity contribution in [1.82, 2.24) is 0 Å². The van der Waals surface area contributed by atoms with E-state index in [0.717, 1.165) is 5.56 Å². The van der Waals surface area contributed by atoms with E-state index in [4.69, 9.17) is 21.1 Å². The first-order valence-electron chi connectivity index (χ1n) is 7.77. The first-order chi connectivity index (χ1) is 12.3. The minimum absolute atomic E-state index is 0.0707. The highest BCUT2D eigenvalue weighted by molar-refractivity contribution is 7.91. The number of ether oxygens (including phenoxy) is 2. The lowest BCUT2D eigenvalue weighted by atomic mass is 10.2. The van der Waals surface area contributed by atoms with Crippen LogP contribution in [-0.4, -0.2) is 34.3 Å². The monoisotopic (exact) mass is 397 g/mol. The van der Waals surface area contributed by atoms with Crippen molar-refractivity contribution < 1.29 is 22.7 Å². The molecule has 26 heavy (non-hydrogen) atoms. The lowest BCUT2D eigenvalue weighted by Crippen LogP contribution is -2.17. The van der Waals surface area contributed by atoms with Crippen LogP contribution in [0.2, 0.25) is 5.02 Å². The number of sulfone groups is 1. The van der Waals surface area contributed by atoms with E-state index in [2.05, 4.69) is 5.32 Å². The van der Waals surface area contributed by atoms with Crippen LogP contribution in [0.5, 0.6) is 11.5 Å². The van der Waals surface area contributed by atoms with Gasteiger partial charge in [-0.2, -0.15) is 0 Å². The summed E-state index contributed by atoms with van der Waals surface area (Å²) >= 11 is 6.01. The van der Waals surface area contributed by atoms with Crippen molar-refractivity contribution in [3.8, 4) is 11.5 Å². The van der Waals surface area contributed by atoms with Crippen LogP contribution in [0.4, 0.5) is 5.69 Å². The Morgan fingerprint density at radius 3 is 2.38 bits per heavy atom. The summed E-state index contributed by atoms with van der Waals surface area (Å²) in [5, 5.41) is 3.17. The maximum absolute atomic E-state index is 12.5. The number of benzene rings is 2. The Kier molecular flexibility index (Phi) is 6.50. The molecule has 0 aliphatic rings. The van der Waals surface area contributed by atoms with Crippen LogP contribution in [0.25, 0.3) is 0 Å². The Bertz CT molecular complexity index is 912. The zero-order valence-corrected chi connectivity index (χ0v) is 16.3. The summed E-state index contributed by atoms with van der Waals surface area (Å²) in [6.07, 6.45) is -0.178. The predicted octanol–water partition coefficient (Wildman–Crippen LogP) is 3.47. The first-order valence-corrected chi connectivity index (χ1v) is 9.80. The Morgan fingerprint density at radius 1 is 1.08 bits per heavy atom. The molecule has 140 valence electrons. The quantitative estimate of drug-likeness (QED) is 0.773. The largest absolute Gasteiger partial charge is 0.493 e. The summed E-state index contributed by atoms with van der Waals surface area (Å²) < 4.78 is 35.1. The number of hydrogen-bond donors (Lipinski definition) is 1. The molecule has 0 aliphatic heterocycles. The highest BCUT2D eigenvalue weighted by atomic mass is 35.5. The maximum Gasteiger partial charge on any atom is 0.225 e. The molecule has 8 heteroatoms. The number of nitrogens with one attached hydrogen (secondary N) is 1. The van der Waals surface area contributed by atoms with E-state index in [0.29, 0.717) is 22.2 Å². The highest BCUT2D eigenvalue weighted by Gasteiger charge is 2.19. The molecule has 2 aromatic rings. The zero-order chi connectivity index (χ0) is 19.3. The van der Waals surface area contributed by atoms with E-state index >= 15 is 0 Å². The van der Waals surface area contributed by atoms with Gasteiger partial charge in [0.25, 0.3) is 0 Å². The van der Waals surface area contributed by atoms with Gasteiger partial charge >= 0.3 is 0 Å². The van der Waals surface area contributed by atoms with Gasteiger partial charge in [0.2, 0.25) is 5.91 Å². The van der Waals surface area contributed by atoms with Gasteiger partial charge in [0.05, 0.1) is 24.9 Å². The standard InChI is InChI=1S/C18H20ClNO5S/c1-12-4-5-13(10-15(12)19)20-18(21)8-9-26(22,23)14-6-7-16(24-2)17(11-14)25-3/h4-7,10-11H,8-9H2,1-3H3,(H,20,21). The van der Waals surface area contributed by atoms with Gasteiger partial charge in [-0.25, -0.2) is 8.42 Å². The van der Waals surface area contributed by atoms with Gasteiger partial charge in [0.15, 0.2) is 21.3 Å². The molecular formula is C18H20ClNO5S. The van der Waals surface area contributed by atoms with Gasteiger partial charge < -0.3 is 14.8 Å². The van der Waals surface area contributed by atoms with Crippen molar-refractivity contribution in [1.29, 1.82) is 0 Å². The number of halogens is 1. The minimum atomic E-state index is -3.64. The number of anilines is 1. The molecule has 0 aliphatic carbocycles. The van der Waals surface area contributed by atoms with E-state index in [-0.39, 0.29) is 17.1 Å². The lowest BCUT2D eigenvalue weighted by molar-refractivity contribution is -0.115. The van der Waals surface area contributed by atoms with Crippen LogP contribution < -0.4 is 14.8 Å².